The van der Waals surface area contributed by atoms with Gasteiger partial charge in [-0.15, -0.1) is 0 Å². The Bertz CT molecular complexity index is 954. The van der Waals surface area contributed by atoms with Gasteiger partial charge in [0.1, 0.15) is 0 Å². The second-order valence-electron chi connectivity index (χ2n) is 7.32. The molecule has 7 nitrogen and oxygen atoms in total. The summed E-state index contributed by atoms with van der Waals surface area (Å²) in [5, 5.41) is 11.4. The van der Waals surface area contributed by atoms with Crippen LogP contribution in [0.25, 0.3) is 5.69 Å². The fourth-order valence-corrected chi connectivity index (χ4v) is 3.49. The molecule has 3 aromatic rings. The molecule has 2 N–H and O–H groups in total. The number of imidazole rings is 1. The number of hydrogen-bond donors (Lipinski definition) is 2. The van der Waals surface area contributed by atoms with Crippen molar-refractivity contribution in [2.24, 2.45) is 12.0 Å². The Hall–Kier alpha value is -3.09. The Morgan fingerprint density at radius 2 is 2.03 bits per heavy atom. The van der Waals surface area contributed by atoms with Crippen LogP contribution >= 0.6 is 0 Å². The van der Waals surface area contributed by atoms with E-state index in [4.69, 9.17) is 4.99 Å². The minimum Gasteiger partial charge on any atom is -0.357 e. The lowest BCUT2D eigenvalue weighted by atomic mass is 10.1. The summed E-state index contributed by atoms with van der Waals surface area (Å²) in [5.41, 5.74) is 5.85. The van der Waals surface area contributed by atoms with Crippen LogP contribution in [0.3, 0.4) is 0 Å². The van der Waals surface area contributed by atoms with Crippen molar-refractivity contribution in [3.8, 4) is 5.69 Å². The molecule has 2 heterocycles. The topological polar surface area (TPSA) is 72.1 Å². The number of hydrogen-bond acceptors (Lipinski definition) is 3. The zero-order valence-electron chi connectivity index (χ0n) is 18.0. The first-order valence-electron chi connectivity index (χ1n) is 10.1. The third kappa shape index (κ3) is 5.04. The first kappa shape index (κ1) is 20.6. The molecular weight excluding hydrogens is 362 g/mol. The zero-order valence-corrected chi connectivity index (χ0v) is 18.0. The lowest BCUT2D eigenvalue weighted by Gasteiger charge is -2.18. The van der Waals surface area contributed by atoms with E-state index in [1.807, 2.05) is 41.0 Å². The van der Waals surface area contributed by atoms with Gasteiger partial charge in [0.05, 0.1) is 24.3 Å². The second kappa shape index (κ2) is 9.41. The summed E-state index contributed by atoms with van der Waals surface area (Å²) in [5.74, 6) is 0.819. The third-order valence-electron chi connectivity index (χ3n) is 5.08. The Kier molecular flexibility index (Phi) is 6.69. The Morgan fingerprint density at radius 3 is 2.69 bits per heavy atom. The Morgan fingerprint density at radius 1 is 1.24 bits per heavy atom. The highest BCUT2D eigenvalue weighted by Gasteiger charge is 2.14. The van der Waals surface area contributed by atoms with E-state index in [0.717, 1.165) is 35.9 Å². The molecule has 7 heteroatoms. The third-order valence-corrected chi connectivity index (χ3v) is 5.08. The summed E-state index contributed by atoms with van der Waals surface area (Å²) in [6.45, 7) is 9.85. The minimum atomic E-state index is 0.235. The molecule has 0 saturated heterocycles. The van der Waals surface area contributed by atoms with E-state index >= 15 is 0 Å². The van der Waals surface area contributed by atoms with Crippen molar-refractivity contribution < 1.29 is 0 Å². The molecule has 0 amide bonds. The number of aliphatic imine (C=N–C) groups is 1. The number of guanidine groups is 1. The zero-order chi connectivity index (χ0) is 20.8. The molecule has 0 saturated carbocycles. The summed E-state index contributed by atoms with van der Waals surface area (Å²) in [7, 11) is 1.99. The van der Waals surface area contributed by atoms with Crippen LogP contribution in [0, 0.1) is 13.8 Å². The van der Waals surface area contributed by atoms with Gasteiger partial charge >= 0.3 is 0 Å². The molecule has 154 valence electrons. The van der Waals surface area contributed by atoms with Crippen molar-refractivity contribution in [1.29, 1.82) is 0 Å². The van der Waals surface area contributed by atoms with Gasteiger partial charge in [-0.3, -0.25) is 4.68 Å². The molecule has 0 spiro atoms. The van der Waals surface area contributed by atoms with Crippen molar-refractivity contribution in [2.45, 2.75) is 46.7 Å². The van der Waals surface area contributed by atoms with E-state index in [1.54, 1.807) is 6.20 Å². The van der Waals surface area contributed by atoms with Gasteiger partial charge in [-0.1, -0.05) is 18.2 Å². The van der Waals surface area contributed by atoms with Gasteiger partial charge in [0.25, 0.3) is 0 Å². The van der Waals surface area contributed by atoms with Crippen LogP contribution in [0.1, 0.15) is 36.4 Å². The van der Waals surface area contributed by atoms with Crippen molar-refractivity contribution in [1.82, 2.24) is 30.0 Å². The van der Waals surface area contributed by atoms with E-state index in [-0.39, 0.29) is 6.04 Å². The fraction of sp³-hybridized carbons (Fsp3) is 0.409. The summed E-state index contributed by atoms with van der Waals surface area (Å²) in [4.78, 5) is 8.98. The average molecular weight is 394 g/mol. The summed E-state index contributed by atoms with van der Waals surface area (Å²) >= 11 is 0. The number of nitrogens with one attached hydrogen (secondary N) is 2. The highest BCUT2D eigenvalue weighted by Crippen LogP contribution is 2.16. The largest absolute Gasteiger partial charge is 0.357 e. The average Bonchev–Trinajstić information content (AvgIpc) is 3.31. The molecule has 3 rings (SSSR count). The highest BCUT2D eigenvalue weighted by molar-refractivity contribution is 5.80. The number of aromatic nitrogens is 4. The SMILES string of the molecule is CCNC(=NCc1ccccc1-n1ccnc1)NC(C)Cc1c(C)nn(C)c1C. The molecule has 1 unspecified atom stereocenters. The van der Waals surface area contributed by atoms with Crippen LogP contribution in [0.5, 0.6) is 0 Å². The van der Waals surface area contributed by atoms with Gasteiger partial charge in [-0.2, -0.15) is 5.10 Å². The molecule has 0 bridgehead atoms. The molecule has 29 heavy (non-hydrogen) atoms. The predicted octanol–water partition coefficient (Wildman–Crippen LogP) is 2.91. The summed E-state index contributed by atoms with van der Waals surface area (Å²) < 4.78 is 3.96. The smallest absolute Gasteiger partial charge is 0.191 e. The highest BCUT2D eigenvalue weighted by atomic mass is 15.3. The standard InChI is InChI=1S/C22H31N7/c1-6-24-22(26-16(2)13-20-17(3)27-28(5)18(20)4)25-14-19-9-7-8-10-21(19)29-12-11-23-15-29/h7-12,15-16H,6,13-14H2,1-5H3,(H2,24,25,26). The molecule has 0 fully saturated rings. The lowest BCUT2D eigenvalue weighted by Crippen LogP contribution is -2.43. The van der Waals surface area contributed by atoms with Gasteiger partial charge < -0.3 is 15.2 Å². The number of rotatable bonds is 7. The molecule has 0 aliphatic carbocycles. The van der Waals surface area contributed by atoms with Crippen LogP contribution in [0.2, 0.25) is 0 Å². The maximum Gasteiger partial charge on any atom is 0.191 e. The van der Waals surface area contributed by atoms with Crippen molar-refractivity contribution >= 4 is 5.96 Å². The minimum absolute atomic E-state index is 0.235. The van der Waals surface area contributed by atoms with Crippen LogP contribution in [-0.4, -0.2) is 37.9 Å². The van der Waals surface area contributed by atoms with E-state index in [0.29, 0.717) is 6.54 Å². The summed E-state index contributed by atoms with van der Waals surface area (Å²) in [6.07, 6.45) is 6.45. The van der Waals surface area contributed by atoms with Crippen LogP contribution in [0.15, 0.2) is 48.0 Å². The van der Waals surface area contributed by atoms with E-state index in [9.17, 15) is 0 Å². The molecule has 0 aliphatic rings. The maximum absolute atomic E-state index is 4.83. The molecule has 2 aromatic heterocycles. The number of benzene rings is 1. The molecule has 1 aromatic carbocycles. The Labute approximate surface area is 172 Å². The molecule has 0 radical (unpaired) electrons. The van der Waals surface area contributed by atoms with E-state index in [1.165, 1.54) is 11.3 Å². The van der Waals surface area contributed by atoms with Crippen LogP contribution in [0.4, 0.5) is 0 Å². The fourth-order valence-electron chi connectivity index (χ4n) is 3.49. The van der Waals surface area contributed by atoms with Crippen LogP contribution in [-0.2, 0) is 20.0 Å². The normalized spacial score (nSPS) is 12.8. The number of nitrogens with zero attached hydrogens (tertiary/aromatic N) is 5. The van der Waals surface area contributed by atoms with Gasteiger partial charge in [-0.05, 0) is 51.3 Å². The van der Waals surface area contributed by atoms with Gasteiger partial charge in [0.2, 0.25) is 0 Å². The maximum atomic E-state index is 4.83. The molecule has 0 aliphatic heterocycles. The second-order valence-corrected chi connectivity index (χ2v) is 7.32. The van der Waals surface area contributed by atoms with Gasteiger partial charge in [0.15, 0.2) is 5.96 Å². The van der Waals surface area contributed by atoms with E-state index in [2.05, 4.69) is 60.5 Å². The number of aryl methyl sites for hydroxylation is 2. The Balaban J connectivity index is 1.72. The van der Waals surface area contributed by atoms with Crippen LogP contribution < -0.4 is 10.6 Å². The van der Waals surface area contributed by atoms with Crippen molar-refractivity contribution in [3.05, 3.63) is 65.5 Å². The molecular formula is C22H31N7. The predicted molar refractivity (Wildman–Crippen MR) is 117 cm³/mol. The number of para-hydroxylation sites is 1. The first-order chi connectivity index (χ1) is 14.0. The van der Waals surface area contributed by atoms with E-state index < -0.39 is 0 Å². The van der Waals surface area contributed by atoms with Crippen molar-refractivity contribution in [2.75, 3.05) is 6.54 Å². The van der Waals surface area contributed by atoms with Crippen molar-refractivity contribution in [3.63, 3.8) is 0 Å². The lowest BCUT2D eigenvalue weighted by molar-refractivity contribution is 0.635. The monoisotopic (exact) mass is 393 g/mol. The van der Waals surface area contributed by atoms with Gasteiger partial charge in [-0.25, -0.2) is 9.98 Å². The first-order valence-corrected chi connectivity index (χ1v) is 10.1. The summed E-state index contributed by atoms with van der Waals surface area (Å²) in [6, 6.07) is 8.50. The molecule has 1 atom stereocenters. The van der Waals surface area contributed by atoms with Gasteiger partial charge in [0, 0.05) is 37.7 Å². The quantitative estimate of drug-likeness (QED) is 0.478.